The Morgan fingerprint density at radius 1 is 1.62 bits per heavy atom. The molecule has 1 rings (SSSR count). The van der Waals surface area contributed by atoms with Gasteiger partial charge in [0.1, 0.15) is 12.0 Å². The minimum atomic E-state index is -0.685. The summed E-state index contributed by atoms with van der Waals surface area (Å²) in [6.07, 6.45) is 1.50. The minimum Gasteiger partial charge on any atom is -0.354 e. The van der Waals surface area contributed by atoms with Gasteiger partial charge in [0.05, 0.1) is 6.07 Å². The summed E-state index contributed by atoms with van der Waals surface area (Å²) in [5.41, 5.74) is 0. The lowest BCUT2D eigenvalue weighted by Crippen LogP contribution is -2.51. The Morgan fingerprint density at radius 3 is 2.81 bits per heavy atom. The standard InChI is InChI=1S/C11H17N3O2/c1-7(2)8(6-12)10(15)14-9-4-3-5-13-11(9)16/h7-9H,3-5H2,1-2H3,(H,13,16)(H,14,15). The molecule has 1 aliphatic heterocycles. The highest BCUT2D eigenvalue weighted by Crippen LogP contribution is 2.11. The Morgan fingerprint density at radius 2 is 2.31 bits per heavy atom. The second-order valence-electron chi connectivity index (χ2n) is 4.35. The van der Waals surface area contributed by atoms with Crippen LogP contribution in [0.3, 0.4) is 0 Å². The second-order valence-corrected chi connectivity index (χ2v) is 4.35. The number of amides is 2. The van der Waals surface area contributed by atoms with Gasteiger partial charge in [-0.15, -0.1) is 0 Å². The van der Waals surface area contributed by atoms with Crippen LogP contribution < -0.4 is 10.6 Å². The zero-order chi connectivity index (χ0) is 12.1. The maximum absolute atomic E-state index is 11.7. The average Bonchev–Trinajstić information content (AvgIpc) is 2.22. The zero-order valence-electron chi connectivity index (χ0n) is 9.62. The molecule has 1 fully saturated rings. The topological polar surface area (TPSA) is 82.0 Å². The number of carbonyl (C=O) groups is 2. The molecule has 2 amide bonds. The summed E-state index contributed by atoms with van der Waals surface area (Å²) in [6, 6.07) is 1.49. The average molecular weight is 223 g/mol. The largest absolute Gasteiger partial charge is 0.354 e. The van der Waals surface area contributed by atoms with E-state index in [1.165, 1.54) is 0 Å². The van der Waals surface area contributed by atoms with Crippen molar-refractivity contribution >= 4 is 11.8 Å². The number of hydrogen-bond donors (Lipinski definition) is 2. The molecule has 2 atom stereocenters. The zero-order valence-corrected chi connectivity index (χ0v) is 9.62. The number of nitrogens with zero attached hydrogens (tertiary/aromatic N) is 1. The summed E-state index contributed by atoms with van der Waals surface area (Å²) in [4.78, 5) is 23.1. The highest BCUT2D eigenvalue weighted by atomic mass is 16.2. The highest BCUT2D eigenvalue weighted by Gasteiger charge is 2.28. The van der Waals surface area contributed by atoms with E-state index in [-0.39, 0.29) is 17.7 Å². The van der Waals surface area contributed by atoms with Crippen LogP contribution in [0.4, 0.5) is 0 Å². The predicted molar refractivity (Wildman–Crippen MR) is 58.1 cm³/mol. The fraction of sp³-hybridized carbons (Fsp3) is 0.727. The van der Waals surface area contributed by atoms with Crippen LogP contribution in [-0.2, 0) is 9.59 Å². The number of nitriles is 1. The Kier molecular flexibility index (Phi) is 4.29. The smallest absolute Gasteiger partial charge is 0.242 e. The van der Waals surface area contributed by atoms with E-state index in [0.717, 1.165) is 6.42 Å². The molecule has 0 aromatic rings. The molecule has 0 spiro atoms. The van der Waals surface area contributed by atoms with E-state index in [0.29, 0.717) is 13.0 Å². The molecule has 1 heterocycles. The van der Waals surface area contributed by atoms with E-state index in [2.05, 4.69) is 10.6 Å². The normalized spacial score (nSPS) is 22.1. The molecule has 2 unspecified atom stereocenters. The van der Waals surface area contributed by atoms with E-state index in [1.807, 2.05) is 19.9 Å². The van der Waals surface area contributed by atoms with E-state index in [1.54, 1.807) is 0 Å². The van der Waals surface area contributed by atoms with Crippen molar-refractivity contribution < 1.29 is 9.59 Å². The molecular weight excluding hydrogens is 206 g/mol. The van der Waals surface area contributed by atoms with E-state index < -0.39 is 12.0 Å². The van der Waals surface area contributed by atoms with Gasteiger partial charge in [-0.1, -0.05) is 13.8 Å². The lowest BCUT2D eigenvalue weighted by molar-refractivity contribution is -0.131. The Balaban J connectivity index is 2.56. The number of piperidine rings is 1. The molecule has 16 heavy (non-hydrogen) atoms. The van der Waals surface area contributed by atoms with Crippen molar-refractivity contribution in [2.75, 3.05) is 6.54 Å². The molecule has 88 valence electrons. The van der Waals surface area contributed by atoms with Gasteiger partial charge >= 0.3 is 0 Å². The van der Waals surface area contributed by atoms with Gasteiger partial charge in [0.25, 0.3) is 0 Å². The predicted octanol–water partition coefficient (Wildman–Crippen LogP) is 0.177. The van der Waals surface area contributed by atoms with Crippen molar-refractivity contribution in [3.63, 3.8) is 0 Å². The van der Waals surface area contributed by atoms with E-state index in [4.69, 9.17) is 5.26 Å². The second kappa shape index (κ2) is 5.50. The van der Waals surface area contributed by atoms with Gasteiger partial charge in [-0.2, -0.15) is 5.26 Å². The number of hydrogen-bond acceptors (Lipinski definition) is 3. The van der Waals surface area contributed by atoms with Gasteiger partial charge in [-0.25, -0.2) is 0 Å². The maximum Gasteiger partial charge on any atom is 0.242 e. The monoisotopic (exact) mass is 223 g/mol. The van der Waals surface area contributed by atoms with Crippen molar-refractivity contribution in [3.05, 3.63) is 0 Å². The Bertz CT molecular complexity index is 320. The van der Waals surface area contributed by atoms with Crippen LogP contribution in [0, 0.1) is 23.2 Å². The van der Waals surface area contributed by atoms with Crippen LogP contribution in [0.15, 0.2) is 0 Å². The summed E-state index contributed by atoms with van der Waals surface area (Å²) in [5.74, 6) is -1.23. The minimum absolute atomic E-state index is 0.0448. The molecule has 0 aromatic heterocycles. The van der Waals surface area contributed by atoms with Crippen LogP contribution in [-0.4, -0.2) is 24.4 Å². The molecular formula is C11H17N3O2. The molecule has 5 nitrogen and oxygen atoms in total. The Labute approximate surface area is 95.2 Å². The fourth-order valence-corrected chi connectivity index (χ4v) is 1.68. The molecule has 1 aliphatic rings. The van der Waals surface area contributed by atoms with E-state index >= 15 is 0 Å². The third-order valence-electron chi connectivity index (χ3n) is 2.69. The van der Waals surface area contributed by atoms with Gasteiger partial charge in [0.15, 0.2) is 0 Å². The third-order valence-corrected chi connectivity index (χ3v) is 2.69. The maximum atomic E-state index is 11.7. The van der Waals surface area contributed by atoms with Gasteiger partial charge in [0.2, 0.25) is 11.8 Å². The van der Waals surface area contributed by atoms with Crippen LogP contribution in [0.1, 0.15) is 26.7 Å². The van der Waals surface area contributed by atoms with Gasteiger partial charge in [-0.05, 0) is 18.8 Å². The van der Waals surface area contributed by atoms with Crippen LogP contribution >= 0.6 is 0 Å². The first kappa shape index (κ1) is 12.5. The van der Waals surface area contributed by atoms with Gasteiger partial charge in [-0.3, -0.25) is 9.59 Å². The summed E-state index contributed by atoms with van der Waals surface area (Å²) >= 11 is 0. The van der Waals surface area contributed by atoms with Crippen LogP contribution in [0.2, 0.25) is 0 Å². The first-order valence-electron chi connectivity index (χ1n) is 5.54. The number of nitrogens with one attached hydrogen (secondary N) is 2. The molecule has 0 aliphatic carbocycles. The molecule has 0 saturated carbocycles. The summed E-state index contributed by atoms with van der Waals surface area (Å²) in [6.45, 7) is 4.29. The lowest BCUT2D eigenvalue weighted by atomic mass is 9.95. The number of rotatable bonds is 3. The van der Waals surface area contributed by atoms with Crippen molar-refractivity contribution in [1.29, 1.82) is 5.26 Å². The van der Waals surface area contributed by atoms with Crippen molar-refractivity contribution in [3.8, 4) is 6.07 Å². The van der Waals surface area contributed by atoms with Crippen molar-refractivity contribution in [1.82, 2.24) is 10.6 Å². The summed E-state index contributed by atoms with van der Waals surface area (Å²) < 4.78 is 0. The van der Waals surface area contributed by atoms with Crippen LogP contribution in [0.25, 0.3) is 0 Å². The van der Waals surface area contributed by atoms with Crippen molar-refractivity contribution in [2.24, 2.45) is 11.8 Å². The molecule has 1 saturated heterocycles. The fourth-order valence-electron chi connectivity index (χ4n) is 1.68. The van der Waals surface area contributed by atoms with Crippen LogP contribution in [0.5, 0.6) is 0 Å². The molecule has 0 bridgehead atoms. The van der Waals surface area contributed by atoms with Crippen molar-refractivity contribution in [2.45, 2.75) is 32.7 Å². The first-order chi connectivity index (χ1) is 7.56. The highest BCUT2D eigenvalue weighted by molar-refractivity contribution is 5.89. The molecule has 5 heteroatoms. The summed E-state index contributed by atoms with van der Waals surface area (Å²) in [7, 11) is 0. The van der Waals surface area contributed by atoms with Gasteiger partial charge < -0.3 is 10.6 Å². The Hall–Kier alpha value is -1.57. The third kappa shape index (κ3) is 2.96. The lowest BCUT2D eigenvalue weighted by Gasteiger charge is -2.24. The molecule has 0 aromatic carbocycles. The first-order valence-corrected chi connectivity index (χ1v) is 5.54. The quantitative estimate of drug-likeness (QED) is 0.716. The van der Waals surface area contributed by atoms with Gasteiger partial charge in [0, 0.05) is 6.54 Å². The molecule has 2 N–H and O–H groups in total. The SMILES string of the molecule is CC(C)C(C#N)C(=O)NC1CCCNC1=O. The number of carbonyl (C=O) groups excluding carboxylic acids is 2. The molecule has 0 radical (unpaired) electrons. The van der Waals surface area contributed by atoms with E-state index in [9.17, 15) is 9.59 Å². The summed E-state index contributed by atoms with van der Waals surface area (Å²) in [5, 5.41) is 14.2.